The molecule has 9 heteroatoms. The zero-order chi connectivity index (χ0) is 28.3. The van der Waals surface area contributed by atoms with E-state index in [1.165, 1.54) is 6.20 Å². The number of nitrogens with one attached hydrogen (secondary N) is 1. The summed E-state index contributed by atoms with van der Waals surface area (Å²) >= 11 is 0. The molecule has 1 unspecified atom stereocenters. The lowest BCUT2D eigenvalue weighted by molar-refractivity contribution is 0.0693. The van der Waals surface area contributed by atoms with E-state index in [4.69, 9.17) is 9.47 Å². The van der Waals surface area contributed by atoms with Crippen LogP contribution in [0.1, 0.15) is 49.9 Å². The predicted molar refractivity (Wildman–Crippen MR) is 155 cm³/mol. The van der Waals surface area contributed by atoms with Crippen LogP contribution in [0.2, 0.25) is 0 Å². The zero-order valence-electron chi connectivity index (χ0n) is 23.0. The van der Waals surface area contributed by atoms with E-state index in [-0.39, 0.29) is 17.9 Å². The number of ether oxygens (including phenoxy) is 2. The van der Waals surface area contributed by atoms with Crippen LogP contribution in [0.5, 0.6) is 17.2 Å². The van der Waals surface area contributed by atoms with Gasteiger partial charge < -0.3 is 24.6 Å². The molecule has 9 nitrogen and oxygen atoms in total. The number of anilines is 1. The molecule has 1 N–H and O–H groups in total. The maximum absolute atomic E-state index is 13.9. The first-order valence-electron chi connectivity index (χ1n) is 13.7. The van der Waals surface area contributed by atoms with Gasteiger partial charge in [-0.1, -0.05) is 18.2 Å². The summed E-state index contributed by atoms with van der Waals surface area (Å²) in [5.74, 6) is 2.33. The lowest BCUT2D eigenvalue weighted by Crippen LogP contribution is -2.40. The van der Waals surface area contributed by atoms with Gasteiger partial charge in [-0.15, -0.1) is 0 Å². The second kappa shape index (κ2) is 11.3. The summed E-state index contributed by atoms with van der Waals surface area (Å²) in [5, 5.41) is 2.91. The van der Waals surface area contributed by atoms with E-state index in [1.807, 2.05) is 78.5 Å². The van der Waals surface area contributed by atoms with E-state index in [0.29, 0.717) is 60.9 Å². The Morgan fingerprint density at radius 3 is 2.73 bits per heavy atom. The molecule has 4 aromatic rings. The van der Waals surface area contributed by atoms with E-state index in [9.17, 15) is 9.59 Å². The highest BCUT2D eigenvalue weighted by Gasteiger charge is 2.33. The van der Waals surface area contributed by atoms with Crippen molar-refractivity contribution in [2.24, 2.45) is 0 Å². The van der Waals surface area contributed by atoms with Gasteiger partial charge in [-0.25, -0.2) is 4.98 Å². The normalized spacial score (nSPS) is 16.5. The standard InChI is InChI=1S/C32H31N5O4/c1-36(2)29-10-7-23(19-35-29)32(39)37-13-11-21-15-26-8-9-28(21)30(37)22-5-3-6-25(16-22)40-14-4-12-34-31(38)24-17-27(41-26)20-33-18-24/h3,5-10,15-20,30H,4,11-14H2,1-2H3,(H,34,38). The molecule has 3 aliphatic heterocycles. The van der Waals surface area contributed by atoms with Gasteiger partial charge in [0.25, 0.3) is 11.8 Å². The molecule has 0 saturated heterocycles. The number of fused-ring (bicyclic) bond motifs is 6. The maximum atomic E-state index is 13.9. The topological polar surface area (TPSA) is 96.9 Å². The number of hydrogen-bond acceptors (Lipinski definition) is 7. The monoisotopic (exact) mass is 549 g/mol. The van der Waals surface area contributed by atoms with E-state index in [1.54, 1.807) is 18.5 Å². The van der Waals surface area contributed by atoms with Gasteiger partial charge in [-0.3, -0.25) is 14.6 Å². The summed E-state index contributed by atoms with van der Waals surface area (Å²) in [6, 6.07) is 18.9. The first-order valence-corrected chi connectivity index (χ1v) is 13.7. The molecule has 0 saturated carbocycles. The third kappa shape index (κ3) is 5.56. The molecule has 0 radical (unpaired) electrons. The Hall–Kier alpha value is -4.92. The van der Waals surface area contributed by atoms with Gasteiger partial charge in [0.05, 0.1) is 30.0 Å². The van der Waals surface area contributed by atoms with Crippen molar-refractivity contribution in [3.8, 4) is 17.2 Å². The Bertz CT molecular complexity index is 1590. The first kappa shape index (κ1) is 26.3. The van der Waals surface area contributed by atoms with Crippen LogP contribution in [0.3, 0.4) is 0 Å². The van der Waals surface area contributed by atoms with Gasteiger partial charge in [0.1, 0.15) is 23.1 Å². The summed E-state index contributed by atoms with van der Waals surface area (Å²) in [6.45, 7) is 1.42. The van der Waals surface area contributed by atoms with Crippen LogP contribution in [-0.2, 0) is 6.42 Å². The largest absolute Gasteiger partial charge is 0.494 e. The molecule has 1 atom stereocenters. The SMILES string of the molecule is CN(C)c1ccc(C(=O)N2CCc3cc4ccc3C2c2cccc(c2)OCCCNC(=O)c2cncc(c2)O4)cn1. The number of nitrogens with zero attached hydrogens (tertiary/aromatic N) is 4. The lowest BCUT2D eigenvalue weighted by atomic mass is 9.87. The third-order valence-corrected chi connectivity index (χ3v) is 7.32. The number of pyridine rings is 2. The van der Waals surface area contributed by atoms with Gasteiger partial charge in [0, 0.05) is 39.6 Å². The number of amides is 2. The van der Waals surface area contributed by atoms with Crippen molar-refractivity contribution in [2.75, 3.05) is 38.7 Å². The molecule has 2 aromatic carbocycles. The number of aromatic nitrogens is 2. The van der Waals surface area contributed by atoms with Crippen LogP contribution >= 0.6 is 0 Å². The van der Waals surface area contributed by atoms with Crippen molar-refractivity contribution in [2.45, 2.75) is 18.9 Å². The smallest absolute Gasteiger partial charge is 0.256 e. The van der Waals surface area contributed by atoms with E-state index in [0.717, 1.165) is 22.5 Å². The summed E-state index contributed by atoms with van der Waals surface area (Å²) in [7, 11) is 3.84. The number of benzene rings is 2. The highest BCUT2D eigenvalue weighted by atomic mass is 16.5. The molecule has 2 amide bonds. The summed E-state index contributed by atoms with van der Waals surface area (Å²) in [4.78, 5) is 39.0. The fraction of sp³-hybridized carbons (Fsp3) is 0.250. The molecule has 208 valence electrons. The van der Waals surface area contributed by atoms with Crippen LogP contribution in [0.25, 0.3) is 0 Å². The minimum atomic E-state index is -0.319. The third-order valence-electron chi connectivity index (χ3n) is 7.32. The predicted octanol–water partition coefficient (Wildman–Crippen LogP) is 4.64. The van der Waals surface area contributed by atoms with Crippen molar-refractivity contribution < 1.29 is 19.1 Å². The minimum Gasteiger partial charge on any atom is -0.494 e. The number of hydrogen-bond donors (Lipinski definition) is 1. The Morgan fingerprint density at radius 2 is 1.90 bits per heavy atom. The Kier molecular flexibility index (Phi) is 7.24. The molecule has 8 bridgehead atoms. The molecule has 5 heterocycles. The Balaban J connectivity index is 1.40. The van der Waals surface area contributed by atoms with Crippen molar-refractivity contribution in [3.63, 3.8) is 0 Å². The highest BCUT2D eigenvalue weighted by molar-refractivity contribution is 5.95. The van der Waals surface area contributed by atoms with Gasteiger partial charge in [-0.2, -0.15) is 0 Å². The fourth-order valence-electron chi connectivity index (χ4n) is 5.26. The van der Waals surface area contributed by atoms with Crippen molar-refractivity contribution in [1.29, 1.82) is 0 Å². The molecule has 0 fully saturated rings. The van der Waals surface area contributed by atoms with E-state index in [2.05, 4.69) is 15.3 Å². The average molecular weight is 550 g/mol. The minimum absolute atomic E-state index is 0.0779. The number of rotatable bonds is 2. The molecule has 0 aliphatic carbocycles. The van der Waals surface area contributed by atoms with Crippen LogP contribution in [-0.4, -0.2) is 60.5 Å². The van der Waals surface area contributed by atoms with E-state index >= 15 is 0 Å². The van der Waals surface area contributed by atoms with Gasteiger partial charge in [-0.05, 0) is 72.0 Å². The van der Waals surface area contributed by atoms with Gasteiger partial charge >= 0.3 is 0 Å². The zero-order valence-corrected chi connectivity index (χ0v) is 23.0. The second-order valence-corrected chi connectivity index (χ2v) is 10.4. The number of carbonyl (C=O) groups excluding carboxylic acids is 2. The molecule has 41 heavy (non-hydrogen) atoms. The highest BCUT2D eigenvalue weighted by Crippen LogP contribution is 2.39. The van der Waals surface area contributed by atoms with Crippen LogP contribution < -0.4 is 19.7 Å². The number of carbonyl (C=O) groups is 2. The summed E-state index contributed by atoms with van der Waals surface area (Å²) in [6.07, 6.45) is 6.05. The molecule has 2 aromatic heterocycles. The van der Waals surface area contributed by atoms with Crippen LogP contribution in [0.15, 0.2) is 79.3 Å². The second-order valence-electron chi connectivity index (χ2n) is 10.4. The van der Waals surface area contributed by atoms with Gasteiger partial charge in [0.2, 0.25) is 0 Å². The quantitative estimate of drug-likeness (QED) is 0.389. The molecular weight excluding hydrogens is 518 g/mol. The van der Waals surface area contributed by atoms with Crippen LogP contribution in [0.4, 0.5) is 5.82 Å². The Morgan fingerprint density at radius 1 is 1.00 bits per heavy atom. The van der Waals surface area contributed by atoms with E-state index < -0.39 is 0 Å². The maximum Gasteiger partial charge on any atom is 0.256 e. The fourth-order valence-corrected chi connectivity index (χ4v) is 5.26. The Labute approximate surface area is 238 Å². The molecule has 0 spiro atoms. The van der Waals surface area contributed by atoms with Gasteiger partial charge in [0.15, 0.2) is 0 Å². The first-order chi connectivity index (χ1) is 20.0. The van der Waals surface area contributed by atoms with Crippen molar-refractivity contribution in [1.82, 2.24) is 20.2 Å². The summed E-state index contributed by atoms with van der Waals surface area (Å²) < 4.78 is 12.2. The van der Waals surface area contributed by atoms with Crippen molar-refractivity contribution >= 4 is 17.6 Å². The average Bonchev–Trinajstić information content (AvgIpc) is 2.99. The molecule has 3 aliphatic rings. The van der Waals surface area contributed by atoms with Crippen molar-refractivity contribution in [3.05, 3.63) is 107 Å². The van der Waals surface area contributed by atoms with Crippen LogP contribution in [0, 0.1) is 0 Å². The summed E-state index contributed by atoms with van der Waals surface area (Å²) in [5.41, 5.74) is 4.04. The molecular formula is C32H31N5O4. The lowest BCUT2D eigenvalue weighted by Gasteiger charge is -2.38. The molecule has 7 rings (SSSR count).